The van der Waals surface area contributed by atoms with Crippen LogP contribution in [0, 0.1) is 0 Å². The van der Waals surface area contributed by atoms with Crippen LogP contribution in [-0.4, -0.2) is 16.6 Å². The van der Waals surface area contributed by atoms with Crippen LogP contribution in [0.4, 0.5) is 0 Å². The highest BCUT2D eigenvalue weighted by Crippen LogP contribution is 2.22. The van der Waals surface area contributed by atoms with Crippen LogP contribution in [0.2, 0.25) is 0 Å². The summed E-state index contributed by atoms with van der Waals surface area (Å²) < 4.78 is 0. The van der Waals surface area contributed by atoms with Gasteiger partial charge in [-0.15, -0.1) is 23.4 Å². The molecule has 3 heteroatoms. The van der Waals surface area contributed by atoms with Gasteiger partial charge in [-0.25, -0.2) is 0 Å². The normalized spacial score (nSPS) is 11.5. The summed E-state index contributed by atoms with van der Waals surface area (Å²) in [5.41, 5.74) is 1.20. The number of aromatic nitrogens is 1. The highest BCUT2D eigenvalue weighted by Gasteiger charge is 1.98. The summed E-state index contributed by atoms with van der Waals surface area (Å²) >= 11 is 7.33. The maximum atomic E-state index is 5.54. The first-order valence-electron chi connectivity index (χ1n) is 4.81. The van der Waals surface area contributed by atoms with Gasteiger partial charge in [0.15, 0.2) is 0 Å². The number of fused-ring (bicyclic) bond motifs is 1. The van der Waals surface area contributed by atoms with Crippen molar-refractivity contribution in [3.63, 3.8) is 0 Å². The third kappa shape index (κ3) is 2.80. The van der Waals surface area contributed by atoms with Gasteiger partial charge in [0.2, 0.25) is 0 Å². The Morgan fingerprint density at radius 2 is 2.13 bits per heavy atom. The molecule has 1 aromatic heterocycles. The lowest BCUT2D eigenvalue weighted by Crippen LogP contribution is -1.73. The minimum Gasteiger partial charge on any atom is -0.350 e. The Labute approximate surface area is 98.5 Å². The largest absolute Gasteiger partial charge is 0.350 e. The standard InChI is InChI=1S/C12H12ClNS/c13-7-3-4-8-15-12-9-10-5-1-2-6-11(10)14-12/h1-6,9,14H,7-8H2. The van der Waals surface area contributed by atoms with Gasteiger partial charge in [0.1, 0.15) is 0 Å². The Bertz CT molecular complexity index is 428. The summed E-state index contributed by atoms with van der Waals surface area (Å²) in [6.07, 6.45) is 4.06. The maximum absolute atomic E-state index is 5.54. The van der Waals surface area contributed by atoms with Crippen LogP contribution < -0.4 is 0 Å². The fourth-order valence-corrected chi connectivity index (χ4v) is 2.32. The molecule has 0 fully saturated rings. The van der Waals surface area contributed by atoms with Gasteiger partial charge in [-0.2, -0.15) is 0 Å². The second kappa shape index (κ2) is 5.29. The molecule has 0 unspecified atom stereocenters. The van der Waals surface area contributed by atoms with Crippen LogP contribution in [0.15, 0.2) is 47.5 Å². The van der Waals surface area contributed by atoms with E-state index in [1.807, 2.05) is 12.1 Å². The van der Waals surface area contributed by atoms with Gasteiger partial charge in [-0.1, -0.05) is 30.4 Å². The number of allylic oxidation sites excluding steroid dienone is 1. The van der Waals surface area contributed by atoms with Gasteiger partial charge < -0.3 is 4.98 Å². The fraction of sp³-hybridized carbons (Fsp3) is 0.167. The Kier molecular flexibility index (Phi) is 3.75. The van der Waals surface area contributed by atoms with E-state index in [2.05, 4.69) is 35.3 Å². The Morgan fingerprint density at radius 1 is 1.27 bits per heavy atom. The van der Waals surface area contributed by atoms with E-state index in [9.17, 15) is 0 Å². The molecule has 1 aromatic carbocycles. The second-order valence-corrected chi connectivity index (χ2v) is 4.53. The highest BCUT2D eigenvalue weighted by molar-refractivity contribution is 7.99. The number of H-pyrrole nitrogens is 1. The first-order chi connectivity index (χ1) is 7.40. The summed E-state index contributed by atoms with van der Waals surface area (Å²) in [6.45, 7) is 0. The molecule has 0 bridgehead atoms. The van der Waals surface area contributed by atoms with E-state index in [1.54, 1.807) is 11.8 Å². The average molecular weight is 238 g/mol. The minimum atomic E-state index is 0.591. The molecule has 0 aliphatic rings. The molecule has 78 valence electrons. The molecule has 2 aromatic rings. The van der Waals surface area contributed by atoms with Crippen LogP contribution in [0.25, 0.3) is 10.9 Å². The van der Waals surface area contributed by atoms with Crippen molar-refractivity contribution in [1.29, 1.82) is 0 Å². The molecule has 1 heterocycles. The lowest BCUT2D eigenvalue weighted by Gasteiger charge is -1.91. The summed E-state index contributed by atoms with van der Waals surface area (Å²) in [6, 6.07) is 10.5. The molecule has 0 amide bonds. The number of benzene rings is 1. The van der Waals surface area contributed by atoms with E-state index >= 15 is 0 Å². The zero-order chi connectivity index (χ0) is 10.5. The Balaban J connectivity index is 2.05. The van der Waals surface area contributed by atoms with E-state index < -0.39 is 0 Å². The van der Waals surface area contributed by atoms with Crippen molar-refractivity contribution < 1.29 is 0 Å². The fourth-order valence-electron chi connectivity index (χ4n) is 1.39. The van der Waals surface area contributed by atoms with E-state index in [1.165, 1.54) is 15.9 Å². The van der Waals surface area contributed by atoms with Gasteiger partial charge in [-0.05, 0) is 12.1 Å². The molecule has 0 saturated carbocycles. The van der Waals surface area contributed by atoms with Crippen LogP contribution in [0.3, 0.4) is 0 Å². The quantitative estimate of drug-likeness (QED) is 0.482. The Morgan fingerprint density at radius 3 is 2.93 bits per heavy atom. The first kappa shape index (κ1) is 10.7. The van der Waals surface area contributed by atoms with E-state index in [4.69, 9.17) is 11.6 Å². The van der Waals surface area contributed by atoms with Gasteiger partial charge in [-0.3, -0.25) is 0 Å². The predicted molar refractivity (Wildman–Crippen MR) is 68.9 cm³/mol. The topological polar surface area (TPSA) is 15.8 Å². The summed E-state index contributed by atoms with van der Waals surface area (Å²) in [7, 11) is 0. The molecule has 15 heavy (non-hydrogen) atoms. The zero-order valence-electron chi connectivity index (χ0n) is 8.24. The zero-order valence-corrected chi connectivity index (χ0v) is 9.81. The number of alkyl halides is 1. The molecular formula is C12H12ClNS. The van der Waals surface area contributed by atoms with Crippen molar-refractivity contribution in [2.75, 3.05) is 11.6 Å². The van der Waals surface area contributed by atoms with Crippen molar-refractivity contribution in [3.05, 3.63) is 42.5 Å². The number of aromatic amines is 1. The summed E-state index contributed by atoms with van der Waals surface area (Å²) in [5.74, 6) is 1.55. The minimum absolute atomic E-state index is 0.591. The van der Waals surface area contributed by atoms with E-state index in [0.29, 0.717) is 5.88 Å². The molecule has 1 N–H and O–H groups in total. The number of nitrogens with one attached hydrogen (secondary N) is 1. The molecule has 0 saturated heterocycles. The third-order valence-corrected chi connectivity index (χ3v) is 3.16. The molecular weight excluding hydrogens is 226 g/mol. The van der Waals surface area contributed by atoms with Crippen molar-refractivity contribution >= 4 is 34.3 Å². The maximum Gasteiger partial charge on any atom is 0.0735 e. The second-order valence-electron chi connectivity index (χ2n) is 3.16. The number of thioether (sulfide) groups is 1. The number of para-hydroxylation sites is 1. The van der Waals surface area contributed by atoms with Gasteiger partial charge >= 0.3 is 0 Å². The average Bonchev–Trinajstić information content (AvgIpc) is 2.67. The van der Waals surface area contributed by atoms with Crippen LogP contribution in [-0.2, 0) is 0 Å². The van der Waals surface area contributed by atoms with Crippen LogP contribution in [0.1, 0.15) is 0 Å². The van der Waals surface area contributed by atoms with Gasteiger partial charge in [0, 0.05) is 22.5 Å². The molecule has 0 spiro atoms. The SMILES string of the molecule is ClCC=CCSc1cc2ccccc2[nH]1. The molecule has 0 atom stereocenters. The Hall–Kier alpha value is -0.860. The van der Waals surface area contributed by atoms with Crippen LogP contribution >= 0.6 is 23.4 Å². The smallest absolute Gasteiger partial charge is 0.0735 e. The number of rotatable bonds is 4. The lowest BCUT2D eigenvalue weighted by molar-refractivity contribution is 1.24. The molecule has 0 aliphatic carbocycles. The third-order valence-electron chi connectivity index (χ3n) is 2.10. The van der Waals surface area contributed by atoms with Crippen molar-refractivity contribution in [3.8, 4) is 0 Å². The first-order valence-corrected chi connectivity index (χ1v) is 6.33. The number of halogens is 1. The number of hydrogen-bond donors (Lipinski definition) is 1. The predicted octanol–water partition coefficient (Wildman–Crippen LogP) is 4.06. The van der Waals surface area contributed by atoms with Crippen molar-refractivity contribution in [1.82, 2.24) is 4.98 Å². The molecule has 2 rings (SSSR count). The summed E-state index contributed by atoms with van der Waals surface area (Å²) in [5, 5.41) is 2.47. The van der Waals surface area contributed by atoms with E-state index in [0.717, 1.165) is 5.75 Å². The van der Waals surface area contributed by atoms with Crippen LogP contribution in [0.5, 0.6) is 0 Å². The van der Waals surface area contributed by atoms with Gasteiger partial charge in [0.05, 0.1) is 5.03 Å². The number of hydrogen-bond acceptors (Lipinski definition) is 1. The van der Waals surface area contributed by atoms with Gasteiger partial charge in [0.25, 0.3) is 0 Å². The molecule has 0 radical (unpaired) electrons. The molecule has 0 aliphatic heterocycles. The summed E-state index contributed by atoms with van der Waals surface area (Å²) in [4.78, 5) is 3.37. The molecule has 1 nitrogen and oxygen atoms in total. The monoisotopic (exact) mass is 237 g/mol. The van der Waals surface area contributed by atoms with Crippen molar-refractivity contribution in [2.24, 2.45) is 0 Å². The lowest BCUT2D eigenvalue weighted by atomic mass is 10.3. The highest BCUT2D eigenvalue weighted by atomic mass is 35.5. The van der Waals surface area contributed by atoms with Crippen molar-refractivity contribution in [2.45, 2.75) is 5.03 Å². The van der Waals surface area contributed by atoms with E-state index in [-0.39, 0.29) is 0 Å².